The van der Waals surface area contributed by atoms with Crippen molar-refractivity contribution in [2.24, 2.45) is 0 Å². The Morgan fingerprint density at radius 1 is 0.919 bits per heavy atom. The van der Waals surface area contributed by atoms with Gasteiger partial charge in [0.15, 0.2) is 5.60 Å². The average Bonchev–Trinajstić information content (AvgIpc) is 3.12. The maximum Gasteiger partial charge on any atom is 0.336 e. The number of aromatic nitrogens is 1. The maximum atomic E-state index is 10.3. The molecule has 0 saturated carbocycles. The molecule has 0 spiro atoms. The highest BCUT2D eigenvalue weighted by Crippen LogP contribution is 2.27. The van der Waals surface area contributed by atoms with Crippen LogP contribution in [0.15, 0.2) is 53.2 Å². The normalized spacial score (nSPS) is 11.4. The van der Waals surface area contributed by atoms with Crippen LogP contribution < -0.4 is 0 Å². The highest BCUT2D eigenvalue weighted by atomic mass is 16.4. The van der Waals surface area contributed by atoms with Gasteiger partial charge in [-0.1, -0.05) is 18.2 Å². The van der Waals surface area contributed by atoms with Crippen molar-refractivity contribution in [2.45, 2.75) is 38.5 Å². The molecule has 3 rings (SSSR count). The van der Waals surface area contributed by atoms with Crippen molar-refractivity contribution in [2.75, 3.05) is 27.2 Å². The summed E-state index contributed by atoms with van der Waals surface area (Å²) in [5, 5.41) is 35.0. The molecule has 0 fully saturated rings. The molecule has 2 aromatic heterocycles. The highest BCUT2D eigenvalue weighted by Gasteiger charge is 2.40. The first kappa shape index (κ1) is 29.4. The van der Waals surface area contributed by atoms with Crippen LogP contribution in [0.3, 0.4) is 0 Å². The van der Waals surface area contributed by atoms with E-state index in [4.69, 9.17) is 24.8 Å². The second-order valence-electron chi connectivity index (χ2n) is 8.98. The number of furan rings is 1. The molecule has 0 unspecified atom stereocenters. The minimum Gasteiger partial charge on any atom is -0.481 e. The molecule has 11 heteroatoms. The Morgan fingerprint density at radius 3 is 2.05 bits per heavy atom. The van der Waals surface area contributed by atoms with Gasteiger partial charge in [-0.05, 0) is 44.8 Å². The lowest BCUT2D eigenvalue weighted by Crippen LogP contribution is -2.42. The molecule has 0 amide bonds. The van der Waals surface area contributed by atoms with Crippen molar-refractivity contribution in [3.8, 4) is 0 Å². The zero-order valence-corrected chi connectivity index (χ0v) is 21.1. The van der Waals surface area contributed by atoms with E-state index in [0.29, 0.717) is 0 Å². The summed E-state index contributed by atoms with van der Waals surface area (Å²) in [5.41, 5.74) is 0.812. The SMILES string of the molecule is Cc1oc2ccccc2c1CN(CCN(C)C)Cc1ccncc1.O=C(O)CC(O)(CC(=O)O)C(=O)O. The van der Waals surface area contributed by atoms with Crippen molar-refractivity contribution in [3.05, 3.63) is 65.7 Å². The van der Waals surface area contributed by atoms with E-state index in [2.05, 4.69) is 60.1 Å². The number of para-hydroxylation sites is 1. The molecule has 0 aliphatic heterocycles. The maximum absolute atomic E-state index is 10.3. The van der Waals surface area contributed by atoms with E-state index in [0.717, 1.165) is 37.5 Å². The van der Waals surface area contributed by atoms with E-state index >= 15 is 0 Å². The van der Waals surface area contributed by atoms with Gasteiger partial charge in [0.2, 0.25) is 0 Å². The van der Waals surface area contributed by atoms with Crippen LogP contribution >= 0.6 is 0 Å². The summed E-state index contributed by atoms with van der Waals surface area (Å²) in [6, 6.07) is 12.5. The molecule has 3 aromatic rings. The number of carboxylic acid groups (broad SMARTS) is 3. The van der Waals surface area contributed by atoms with Gasteiger partial charge in [-0.15, -0.1) is 0 Å². The number of aliphatic carboxylic acids is 3. The number of pyridine rings is 1. The number of aryl methyl sites for hydroxylation is 1. The van der Waals surface area contributed by atoms with Gasteiger partial charge in [0, 0.05) is 49.5 Å². The van der Waals surface area contributed by atoms with Crippen LogP contribution in [0.2, 0.25) is 0 Å². The van der Waals surface area contributed by atoms with E-state index in [1.807, 2.05) is 24.5 Å². The van der Waals surface area contributed by atoms with Gasteiger partial charge >= 0.3 is 17.9 Å². The van der Waals surface area contributed by atoms with Crippen LogP contribution in [0.4, 0.5) is 0 Å². The first-order chi connectivity index (χ1) is 17.4. The van der Waals surface area contributed by atoms with Gasteiger partial charge in [-0.3, -0.25) is 19.5 Å². The fourth-order valence-corrected chi connectivity index (χ4v) is 3.66. The van der Waals surface area contributed by atoms with Crippen molar-refractivity contribution >= 4 is 28.9 Å². The van der Waals surface area contributed by atoms with Crippen LogP contribution in [-0.4, -0.2) is 85.9 Å². The number of aliphatic hydroxyl groups is 1. The van der Waals surface area contributed by atoms with E-state index in [1.54, 1.807) is 0 Å². The molecule has 0 aliphatic carbocycles. The van der Waals surface area contributed by atoms with Gasteiger partial charge in [0.1, 0.15) is 11.3 Å². The van der Waals surface area contributed by atoms with Crippen LogP contribution in [0.1, 0.15) is 29.7 Å². The van der Waals surface area contributed by atoms with Crippen LogP contribution in [-0.2, 0) is 27.5 Å². The van der Waals surface area contributed by atoms with Gasteiger partial charge < -0.3 is 29.7 Å². The molecule has 37 heavy (non-hydrogen) atoms. The minimum atomic E-state index is -2.74. The lowest BCUT2D eigenvalue weighted by Gasteiger charge is -2.24. The molecule has 11 nitrogen and oxygen atoms in total. The van der Waals surface area contributed by atoms with Crippen molar-refractivity contribution in [1.29, 1.82) is 0 Å². The predicted octanol–water partition coefficient (Wildman–Crippen LogP) is 2.45. The zero-order valence-electron chi connectivity index (χ0n) is 21.1. The molecule has 2 heterocycles. The fraction of sp³-hybridized carbons (Fsp3) is 0.385. The lowest BCUT2D eigenvalue weighted by atomic mass is 9.96. The standard InChI is InChI=1S/C20H25N3O.C6H8O7/c1-16-19(18-6-4-5-7-20(18)24-16)15-23(13-12-22(2)3)14-17-8-10-21-11-9-17;7-3(8)1-6(13,5(11)12)2-4(9)10/h4-11H,12-15H2,1-3H3;13H,1-2H2,(H,7,8)(H,9,10)(H,11,12). The third kappa shape index (κ3) is 9.30. The van der Waals surface area contributed by atoms with Crippen molar-refractivity contribution < 1.29 is 39.2 Å². The average molecular weight is 516 g/mol. The van der Waals surface area contributed by atoms with E-state index < -0.39 is 36.4 Å². The Balaban J connectivity index is 0.000000317. The highest BCUT2D eigenvalue weighted by molar-refractivity contribution is 5.88. The van der Waals surface area contributed by atoms with Gasteiger partial charge in [-0.2, -0.15) is 0 Å². The zero-order chi connectivity index (χ0) is 27.6. The Bertz CT molecular complexity index is 1180. The van der Waals surface area contributed by atoms with Gasteiger partial charge in [0.25, 0.3) is 0 Å². The third-order valence-corrected chi connectivity index (χ3v) is 5.59. The van der Waals surface area contributed by atoms with Crippen LogP contribution in [0.25, 0.3) is 11.0 Å². The molecular weight excluding hydrogens is 482 g/mol. The molecule has 0 radical (unpaired) electrons. The first-order valence-electron chi connectivity index (χ1n) is 11.5. The van der Waals surface area contributed by atoms with Gasteiger partial charge in [0.05, 0.1) is 12.8 Å². The largest absolute Gasteiger partial charge is 0.481 e. The summed E-state index contributed by atoms with van der Waals surface area (Å²) < 4.78 is 5.93. The summed E-state index contributed by atoms with van der Waals surface area (Å²) in [4.78, 5) is 39.3. The summed E-state index contributed by atoms with van der Waals surface area (Å²) in [7, 11) is 4.23. The Hall–Kier alpha value is -3.80. The molecule has 0 aliphatic rings. The second kappa shape index (κ2) is 13.5. The third-order valence-electron chi connectivity index (χ3n) is 5.59. The van der Waals surface area contributed by atoms with Crippen LogP contribution in [0.5, 0.6) is 0 Å². The summed E-state index contributed by atoms with van der Waals surface area (Å²) >= 11 is 0. The molecule has 0 bridgehead atoms. The van der Waals surface area contributed by atoms with E-state index in [-0.39, 0.29) is 0 Å². The smallest absolute Gasteiger partial charge is 0.336 e. The summed E-state index contributed by atoms with van der Waals surface area (Å²) in [6.07, 6.45) is 1.43. The number of carboxylic acids is 3. The minimum absolute atomic E-state index is 0.888. The lowest BCUT2D eigenvalue weighted by molar-refractivity contribution is -0.170. The molecule has 1 aromatic carbocycles. The number of carbonyl (C=O) groups is 3. The molecule has 200 valence electrons. The fourth-order valence-electron chi connectivity index (χ4n) is 3.66. The number of likely N-dealkylation sites (N-methyl/N-ethyl adjacent to an activating group) is 1. The molecule has 4 N–H and O–H groups in total. The van der Waals surface area contributed by atoms with Crippen LogP contribution in [0, 0.1) is 6.92 Å². The summed E-state index contributed by atoms with van der Waals surface area (Å²) in [5.74, 6) is -4.00. The molecular formula is C26H33N3O8. The number of nitrogens with zero attached hydrogens (tertiary/aromatic N) is 3. The van der Waals surface area contributed by atoms with E-state index in [9.17, 15) is 14.4 Å². The second-order valence-corrected chi connectivity index (χ2v) is 8.98. The Kier molecular flexibility index (Phi) is 10.7. The number of benzene rings is 1. The quantitative estimate of drug-likeness (QED) is 0.280. The Labute approximate surface area is 214 Å². The predicted molar refractivity (Wildman–Crippen MR) is 135 cm³/mol. The number of hydrogen-bond acceptors (Lipinski definition) is 8. The molecule has 0 atom stereocenters. The van der Waals surface area contributed by atoms with Gasteiger partial charge in [-0.25, -0.2) is 4.79 Å². The number of fused-ring (bicyclic) bond motifs is 1. The monoisotopic (exact) mass is 515 g/mol. The van der Waals surface area contributed by atoms with Crippen molar-refractivity contribution in [1.82, 2.24) is 14.8 Å². The topological polar surface area (TPSA) is 165 Å². The van der Waals surface area contributed by atoms with E-state index in [1.165, 1.54) is 16.5 Å². The number of hydrogen-bond donors (Lipinski definition) is 4. The first-order valence-corrected chi connectivity index (χ1v) is 11.5. The molecule has 0 saturated heterocycles. The van der Waals surface area contributed by atoms with Crippen molar-refractivity contribution in [3.63, 3.8) is 0 Å². The number of rotatable bonds is 12. The summed E-state index contributed by atoms with van der Waals surface area (Å²) in [6.45, 7) is 5.90. The Morgan fingerprint density at radius 2 is 1.51 bits per heavy atom.